The Morgan fingerprint density at radius 1 is 1.19 bits per heavy atom. The molecule has 27 heavy (non-hydrogen) atoms. The van der Waals surface area contributed by atoms with E-state index in [4.69, 9.17) is 21.7 Å². The number of thioether (sulfide) groups is 2. The summed E-state index contributed by atoms with van der Waals surface area (Å²) in [6.45, 7) is 10.1. The van der Waals surface area contributed by atoms with Gasteiger partial charge in [0.15, 0.2) is 0 Å². The summed E-state index contributed by atoms with van der Waals surface area (Å²) in [6.07, 6.45) is 0. The molecule has 1 aromatic rings. The van der Waals surface area contributed by atoms with Crippen LogP contribution in [0.4, 0.5) is 5.69 Å². The fourth-order valence-corrected chi connectivity index (χ4v) is 5.97. The third-order valence-corrected chi connectivity index (χ3v) is 7.69. The van der Waals surface area contributed by atoms with Crippen LogP contribution in [0.3, 0.4) is 0 Å². The molecule has 2 heterocycles. The fraction of sp³-hybridized carbons (Fsp3) is 0.300. The Hall–Kier alpha value is -1.70. The van der Waals surface area contributed by atoms with Gasteiger partial charge in [-0.3, -0.25) is 0 Å². The molecule has 142 valence electrons. The van der Waals surface area contributed by atoms with E-state index in [1.54, 1.807) is 0 Å². The summed E-state index contributed by atoms with van der Waals surface area (Å²) < 4.78 is 11.2. The first-order chi connectivity index (χ1) is 12.7. The molecule has 7 heteroatoms. The van der Waals surface area contributed by atoms with E-state index in [9.17, 15) is 4.79 Å². The largest absolute Gasteiger partial charge is 0.496 e. The van der Waals surface area contributed by atoms with Gasteiger partial charge in [-0.05, 0) is 32.4 Å². The van der Waals surface area contributed by atoms with Crippen molar-refractivity contribution in [2.24, 2.45) is 0 Å². The molecule has 3 rings (SSSR count). The van der Waals surface area contributed by atoms with E-state index in [0.29, 0.717) is 15.6 Å². The fourth-order valence-electron chi connectivity index (χ4n) is 2.91. The highest BCUT2D eigenvalue weighted by molar-refractivity contribution is 8.29. The zero-order valence-corrected chi connectivity index (χ0v) is 18.3. The first-order valence-corrected chi connectivity index (χ1v) is 10.3. The van der Waals surface area contributed by atoms with Crippen molar-refractivity contribution in [3.63, 3.8) is 0 Å². The number of hydrogen-bond acceptors (Lipinski definition) is 7. The molecule has 0 spiro atoms. The van der Waals surface area contributed by atoms with Gasteiger partial charge in [0, 0.05) is 21.7 Å². The quantitative estimate of drug-likeness (QED) is 0.310. The first-order valence-electron chi connectivity index (χ1n) is 8.29. The molecule has 0 bridgehead atoms. The van der Waals surface area contributed by atoms with Crippen molar-refractivity contribution in [3.05, 3.63) is 55.7 Å². The summed E-state index contributed by atoms with van der Waals surface area (Å²) >= 11 is 8.66. The molecule has 0 saturated heterocycles. The molecule has 0 aliphatic carbocycles. The van der Waals surface area contributed by atoms with E-state index in [-0.39, 0.29) is 5.54 Å². The first kappa shape index (κ1) is 20.0. The van der Waals surface area contributed by atoms with Crippen LogP contribution in [-0.4, -0.2) is 30.6 Å². The summed E-state index contributed by atoms with van der Waals surface area (Å²) in [5.74, 6) is 0.0336. The van der Waals surface area contributed by atoms with Crippen molar-refractivity contribution >= 4 is 57.8 Å². The maximum atomic E-state index is 12.3. The molecule has 2 aliphatic heterocycles. The second-order valence-electron chi connectivity index (χ2n) is 6.77. The van der Waals surface area contributed by atoms with Crippen LogP contribution in [-0.2, 0) is 14.3 Å². The van der Waals surface area contributed by atoms with Gasteiger partial charge in [0.2, 0.25) is 0 Å². The molecule has 0 saturated carbocycles. The maximum Gasteiger partial charge on any atom is 0.346 e. The van der Waals surface area contributed by atoms with Gasteiger partial charge in [0.1, 0.15) is 10.7 Å². The SMILES string of the molecule is C=C(OC)C1=C(C(=O)OC)S/C(=C2/C(=S)C(C)(C)Nc3cc(C)ccc32)S1. The lowest BCUT2D eigenvalue weighted by molar-refractivity contribution is -0.135. The number of methoxy groups -OCH3 is 2. The van der Waals surface area contributed by atoms with Gasteiger partial charge < -0.3 is 14.8 Å². The van der Waals surface area contributed by atoms with E-state index in [0.717, 1.165) is 25.9 Å². The second kappa shape index (κ2) is 7.37. The highest BCUT2D eigenvalue weighted by Crippen LogP contribution is 2.56. The van der Waals surface area contributed by atoms with Gasteiger partial charge in [-0.15, -0.1) is 0 Å². The van der Waals surface area contributed by atoms with Crippen molar-refractivity contribution in [1.82, 2.24) is 0 Å². The average molecular weight is 420 g/mol. The lowest BCUT2D eigenvalue weighted by Crippen LogP contribution is -2.43. The summed E-state index contributed by atoms with van der Waals surface area (Å²) in [4.78, 5) is 14.2. The number of esters is 1. The van der Waals surface area contributed by atoms with Gasteiger partial charge in [-0.25, -0.2) is 4.79 Å². The van der Waals surface area contributed by atoms with Gasteiger partial charge in [0.25, 0.3) is 0 Å². The molecule has 2 aliphatic rings. The number of carbonyl (C=O) groups is 1. The average Bonchev–Trinajstić information content (AvgIpc) is 3.06. The van der Waals surface area contributed by atoms with Crippen LogP contribution in [0.2, 0.25) is 0 Å². The Kier molecular flexibility index (Phi) is 5.47. The molecule has 1 aromatic carbocycles. The molecule has 0 unspecified atom stereocenters. The minimum absolute atomic E-state index is 0.383. The van der Waals surface area contributed by atoms with Crippen LogP contribution in [0.1, 0.15) is 25.0 Å². The predicted molar refractivity (Wildman–Crippen MR) is 119 cm³/mol. The Balaban J connectivity index is 2.17. The number of anilines is 1. The van der Waals surface area contributed by atoms with Crippen LogP contribution in [0.15, 0.2) is 44.6 Å². The summed E-state index contributed by atoms with van der Waals surface area (Å²) in [7, 11) is 2.91. The lowest BCUT2D eigenvalue weighted by Gasteiger charge is -2.37. The number of thiocarbonyl (C=S) groups is 1. The summed E-state index contributed by atoms with van der Waals surface area (Å²) in [5, 5.41) is 3.53. The van der Waals surface area contributed by atoms with Crippen molar-refractivity contribution < 1.29 is 14.3 Å². The van der Waals surface area contributed by atoms with Crippen LogP contribution in [0.25, 0.3) is 5.57 Å². The highest BCUT2D eigenvalue weighted by Gasteiger charge is 2.39. The minimum Gasteiger partial charge on any atom is -0.496 e. The Bertz CT molecular complexity index is 898. The van der Waals surface area contributed by atoms with E-state index in [1.165, 1.54) is 43.3 Å². The topological polar surface area (TPSA) is 47.6 Å². The standard InChI is InChI=1S/C20H21NO3S3/c1-10-7-8-12-13(9-10)21-20(3,4)17(25)14(12)19-26-15(11(2)23-5)16(27-19)18(22)24-6/h7-9,21H,2H2,1,3-6H3/b19-14+. The van der Waals surface area contributed by atoms with E-state index >= 15 is 0 Å². The smallest absolute Gasteiger partial charge is 0.346 e. The maximum absolute atomic E-state index is 12.3. The highest BCUT2D eigenvalue weighted by atomic mass is 32.2. The van der Waals surface area contributed by atoms with Crippen molar-refractivity contribution in [2.45, 2.75) is 26.3 Å². The van der Waals surface area contributed by atoms with Gasteiger partial charge in [-0.2, -0.15) is 0 Å². The third kappa shape index (κ3) is 3.56. The molecule has 0 fully saturated rings. The van der Waals surface area contributed by atoms with E-state index in [2.05, 4.69) is 50.9 Å². The number of ether oxygens (including phenoxy) is 2. The van der Waals surface area contributed by atoms with Crippen molar-refractivity contribution in [1.29, 1.82) is 0 Å². The minimum atomic E-state index is -0.403. The molecule has 0 radical (unpaired) electrons. The number of carbonyl (C=O) groups excluding carboxylic acids is 1. The van der Waals surface area contributed by atoms with E-state index < -0.39 is 5.97 Å². The van der Waals surface area contributed by atoms with Gasteiger partial charge in [0.05, 0.1) is 28.9 Å². The number of rotatable bonds is 3. The summed E-state index contributed by atoms with van der Waals surface area (Å²) in [5.41, 5.74) is 3.83. The van der Waals surface area contributed by atoms with E-state index in [1.807, 2.05) is 0 Å². The predicted octanol–water partition coefficient (Wildman–Crippen LogP) is 5.26. The van der Waals surface area contributed by atoms with Crippen LogP contribution in [0, 0.1) is 6.92 Å². The number of nitrogens with one attached hydrogen (secondary N) is 1. The number of benzene rings is 1. The number of aryl methyl sites for hydroxylation is 1. The van der Waals surface area contributed by atoms with Crippen molar-refractivity contribution in [3.8, 4) is 0 Å². The molecule has 4 nitrogen and oxygen atoms in total. The third-order valence-electron chi connectivity index (χ3n) is 4.36. The van der Waals surface area contributed by atoms with Crippen molar-refractivity contribution in [2.75, 3.05) is 19.5 Å². The summed E-state index contributed by atoms with van der Waals surface area (Å²) in [6, 6.07) is 6.26. The molecular weight excluding hydrogens is 398 g/mol. The van der Waals surface area contributed by atoms with Gasteiger partial charge in [-0.1, -0.05) is 54.5 Å². The molecule has 0 amide bonds. The second-order valence-corrected chi connectivity index (χ2v) is 9.48. The molecular formula is C20H21NO3S3. The Morgan fingerprint density at radius 3 is 2.48 bits per heavy atom. The molecule has 1 N–H and O–H groups in total. The Labute approximate surface area is 173 Å². The van der Waals surface area contributed by atoms with Crippen LogP contribution < -0.4 is 5.32 Å². The Morgan fingerprint density at radius 2 is 1.85 bits per heavy atom. The zero-order valence-electron chi connectivity index (χ0n) is 15.9. The van der Waals surface area contributed by atoms with Gasteiger partial charge >= 0.3 is 5.97 Å². The lowest BCUT2D eigenvalue weighted by atomic mass is 9.85. The number of hydrogen-bond donors (Lipinski definition) is 1. The normalized spacial score (nSPS) is 20.9. The monoisotopic (exact) mass is 419 g/mol. The van der Waals surface area contributed by atoms with Crippen LogP contribution >= 0.6 is 35.7 Å². The molecule has 0 atom stereocenters. The van der Waals surface area contributed by atoms with Crippen LogP contribution in [0.5, 0.6) is 0 Å². The molecule has 0 aromatic heterocycles. The number of fused-ring (bicyclic) bond motifs is 1. The zero-order chi connectivity index (χ0) is 19.9.